The molecule has 1 amide bonds. The zero-order valence-corrected chi connectivity index (χ0v) is 13.9. The molecule has 1 aromatic carbocycles. The van der Waals surface area contributed by atoms with Gasteiger partial charge in [0.05, 0.1) is 12.5 Å². The van der Waals surface area contributed by atoms with Crippen LogP contribution < -0.4 is 11.0 Å². The molecule has 9 heteroatoms. The first-order valence-electron chi connectivity index (χ1n) is 7.79. The zero-order chi connectivity index (χ0) is 18.6. The summed E-state index contributed by atoms with van der Waals surface area (Å²) in [5.41, 5.74) is -0.0199. The fourth-order valence-electron chi connectivity index (χ4n) is 2.55. The third-order valence-electron chi connectivity index (χ3n) is 3.84. The summed E-state index contributed by atoms with van der Waals surface area (Å²) in [4.78, 5) is 24.1. The topological polar surface area (TPSA) is 68.9 Å². The molecule has 0 fully saturated rings. The van der Waals surface area contributed by atoms with Crippen molar-refractivity contribution >= 4 is 5.91 Å². The molecule has 1 N–H and O–H groups in total. The minimum Gasteiger partial charge on any atom is -0.354 e. The van der Waals surface area contributed by atoms with Gasteiger partial charge in [-0.2, -0.15) is 13.2 Å². The van der Waals surface area contributed by atoms with Gasteiger partial charge < -0.3 is 5.32 Å². The summed E-state index contributed by atoms with van der Waals surface area (Å²) in [6.07, 6.45) is -4.12. The van der Waals surface area contributed by atoms with Gasteiger partial charge in [0.1, 0.15) is 0 Å². The average Bonchev–Trinajstić information content (AvgIpc) is 2.85. The van der Waals surface area contributed by atoms with Crippen molar-refractivity contribution in [3.05, 3.63) is 52.2 Å². The highest BCUT2D eigenvalue weighted by atomic mass is 19.4. The predicted octanol–water partition coefficient (Wildman–Crippen LogP) is 1.91. The van der Waals surface area contributed by atoms with Crippen LogP contribution in [0.3, 0.4) is 0 Å². The molecule has 1 aromatic heterocycles. The largest absolute Gasteiger partial charge is 0.451 e. The quantitative estimate of drug-likeness (QED) is 0.860. The molecule has 2 aromatic rings. The predicted molar refractivity (Wildman–Crippen MR) is 85.0 cm³/mol. The summed E-state index contributed by atoms with van der Waals surface area (Å²) in [6.45, 7) is 1.74. The molecule has 0 aliphatic rings. The van der Waals surface area contributed by atoms with Crippen molar-refractivity contribution < 1.29 is 18.0 Å². The summed E-state index contributed by atoms with van der Waals surface area (Å²) in [5.74, 6) is -1.86. The number of carbonyl (C=O) groups excluding carboxylic acids is 1. The van der Waals surface area contributed by atoms with Gasteiger partial charge in [-0.15, -0.1) is 5.10 Å². The number of carbonyl (C=O) groups is 1. The van der Waals surface area contributed by atoms with Crippen LogP contribution in [0.15, 0.2) is 35.1 Å². The highest BCUT2D eigenvalue weighted by Gasteiger charge is 2.37. The van der Waals surface area contributed by atoms with Crippen LogP contribution >= 0.6 is 0 Å². The number of alkyl halides is 3. The SMILES string of the molecule is CCC(C(=O)NCCn1nc(C(F)(F)F)n(C)c1=O)c1ccccc1. The summed E-state index contributed by atoms with van der Waals surface area (Å²) >= 11 is 0. The van der Waals surface area contributed by atoms with Gasteiger partial charge in [0.25, 0.3) is 0 Å². The van der Waals surface area contributed by atoms with E-state index >= 15 is 0 Å². The molecule has 0 saturated carbocycles. The Balaban J connectivity index is 2.01. The second-order valence-corrected chi connectivity index (χ2v) is 5.55. The van der Waals surface area contributed by atoms with E-state index in [1.54, 1.807) is 0 Å². The molecule has 0 aliphatic carbocycles. The number of amides is 1. The fourth-order valence-corrected chi connectivity index (χ4v) is 2.55. The maximum atomic E-state index is 12.7. The lowest BCUT2D eigenvalue weighted by molar-refractivity contribution is -0.147. The molecular weight excluding hydrogens is 337 g/mol. The maximum absolute atomic E-state index is 12.7. The van der Waals surface area contributed by atoms with E-state index in [-0.39, 0.29) is 24.9 Å². The molecule has 0 radical (unpaired) electrons. The van der Waals surface area contributed by atoms with Gasteiger partial charge in [0.2, 0.25) is 11.7 Å². The van der Waals surface area contributed by atoms with Crippen molar-refractivity contribution in [2.75, 3.05) is 6.54 Å². The molecular formula is C16H19F3N4O2. The Labute approximate surface area is 142 Å². The molecule has 1 atom stereocenters. The Morgan fingerprint density at radius 2 is 1.92 bits per heavy atom. The third-order valence-corrected chi connectivity index (χ3v) is 3.84. The molecule has 2 rings (SSSR count). The molecule has 0 spiro atoms. The minimum absolute atomic E-state index is 0.0103. The van der Waals surface area contributed by atoms with Gasteiger partial charge >= 0.3 is 11.9 Å². The Morgan fingerprint density at radius 3 is 2.44 bits per heavy atom. The number of halogens is 3. The summed E-state index contributed by atoms with van der Waals surface area (Å²) in [5, 5.41) is 5.94. The van der Waals surface area contributed by atoms with Crippen LogP contribution in [0.5, 0.6) is 0 Å². The van der Waals surface area contributed by atoms with Crippen LogP contribution in [0, 0.1) is 0 Å². The van der Waals surface area contributed by atoms with E-state index in [4.69, 9.17) is 0 Å². The van der Waals surface area contributed by atoms with Gasteiger partial charge in [-0.05, 0) is 12.0 Å². The molecule has 0 saturated heterocycles. The molecule has 0 bridgehead atoms. The first-order valence-corrected chi connectivity index (χ1v) is 7.79. The van der Waals surface area contributed by atoms with Crippen LogP contribution in [0.4, 0.5) is 13.2 Å². The van der Waals surface area contributed by atoms with E-state index in [9.17, 15) is 22.8 Å². The summed E-state index contributed by atoms with van der Waals surface area (Å²) < 4.78 is 39.3. The average molecular weight is 356 g/mol. The first kappa shape index (κ1) is 18.8. The maximum Gasteiger partial charge on any atom is 0.451 e. The zero-order valence-electron chi connectivity index (χ0n) is 13.9. The number of rotatable bonds is 6. The summed E-state index contributed by atoms with van der Waals surface area (Å²) in [6, 6.07) is 9.19. The number of aromatic nitrogens is 3. The third kappa shape index (κ3) is 4.28. The van der Waals surface area contributed by atoms with Gasteiger partial charge in [-0.25, -0.2) is 9.48 Å². The number of nitrogens with zero attached hydrogens (tertiary/aromatic N) is 3. The van der Waals surface area contributed by atoms with E-state index in [0.29, 0.717) is 15.7 Å². The molecule has 6 nitrogen and oxygen atoms in total. The van der Waals surface area contributed by atoms with E-state index in [2.05, 4.69) is 10.4 Å². The number of hydrogen-bond acceptors (Lipinski definition) is 3. The van der Waals surface area contributed by atoms with E-state index in [1.807, 2.05) is 37.3 Å². The van der Waals surface area contributed by atoms with Crippen molar-refractivity contribution in [3.8, 4) is 0 Å². The minimum atomic E-state index is -4.71. The standard InChI is InChI=1S/C16H19F3N4O2/c1-3-12(11-7-5-4-6-8-11)13(24)20-9-10-23-15(25)22(2)14(21-23)16(17,18)19/h4-8,12H,3,9-10H2,1-2H3,(H,20,24). The Bertz CT molecular complexity index is 781. The van der Waals surface area contributed by atoms with Crippen LogP contribution in [-0.4, -0.2) is 26.8 Å². The van der Waals surface area contributed by atoms with E-state index in [1.165, 1.54) is 0 Å². The first-order chi connectivity index (χ1) is 11.8. The van der Waals surface area contributed by atoms with E-state index < -0.39 is 17.7 Å². The molecule has 1 unspecified atom stereocenters. The van der Waals surface area contributed by atoms with Crippen molar-refractivity contribution in [1.29, 1.82) is 0 Å². The van der Waals surface area contributed by atoms with Crippen LogP contribution in [0.1, 0.15) is 30.7 Å². The lowest BCUT2D eigenvalue weighted by Gasteiger charge is -2.15. The Morgan fingerprint density at radius 1 is 1.28 bits per heavy atom. The highest BCUT2D eigenvalue weighted by molar-refractivity contribution is 5.83. The second-order valence-electron chi connectivity index (χ2n) is 5.55. The number of hydrogen-bond donors (Lipinski definition) is 1. The van der Waals surface area contributed by atoms with Gasteiger partial charge in [0.15, 0.2) is 0 Å². The molecule has 25 heavy (non-hydrogen) atoms. The Hall–Kier alpha value is -2.58. The molecule has 0 aliphatic heterocycles. The smallest absolute Gasteiger partial charge is 0.354 e. The van der Waals surface area contributed by atoms with Crippen molar-refractivity contribution in [2.24, 2.45) is 7.05 Å². The van der Waals surface area contributed by atoms with Crippen molar-refractivity contribution in [1.82, 2.24) is 19.7 Å². The monoisotopic (exact) mass is 356 g/mol. The normalized spacial score (nSPS) is 12.8. The molecule has 1 heterocycles. The van der Waals surface area contributed by atoms with Crippen LogP contribution in [0.2, 0.25) is 0 Å². The second kappa shape index (κ2) is 7.54. The lowest BCUT2D eigenvalue weighted by atomic mass is 9.96. The van der Waals surface area contributed by atoms with Crippen molar-refractivity contribution in [2.45, 2.75) is 32.0 Å². The van der Waals surface area contributed by atoms with Gasteiger partial charge in [-0.3, -0.25) is 9.36 Å². The van der Waals surface area contributed by atoms with Gasteiger partial charge in [0, 0.05) is 13.6 Å². The Kier molecular flexibility index (Phi) is 5.66. The lowest BCUT2D eigenvalue weighted by Crippen LogP contribution is -2.34. The van der Waals surface area contributed by atoms with Crippen LogP contribution in [0.25, 0.3) is 0 Å². The van der Waals surface area contributed by atoms with Gasteiger partial charge in [-0.1, -0.05) is 37.3 Å². The summed E-state index contributed by atoms with van der Waals surface area (Å²) in [7, 11) is 1.01. The van der Waals surface area contributed by atoms with Crippen molar-refractivity contribution in [3.63, 3.8) is 0 Å². The van der Waals surface area contributed by atoms with E-state index in [0.717, 1.165) is 12.6 Å². The fraction of sp³-hybridized carbons (Fsp3) is 0.438. The number of nitrogens with one attached hydrogen (secondary N) is 1. The van der Waals surface area contributed by atoms with Crippen LogP contribution in [-0.2, 0) is 24.6 Å². The number of benzene rings is 1. The molecule has 136 valence electrons. The highest BCUT2D eigenvalue weighted by Crippen LogP contribution is 2.26.